The van der Waals surface area contributed by atoms with Crippen molar-refractivity contribution < 1.29 is 81.0 Å². The molecule has 0 atom stereocenters. The molecule has 33 heavy (non-hydrogen) atoms. The molecule has 8 nitrogen and oxygen atoms in total. The van der Waals surface area contributed by atoms with Crippen molar-refractivity contribution >= 4 is 22.2 Å². The standard InChI is InChI=1S/C7H4F10O8S2.6Rf/c8-4(9,10)2(26-25-24-18)6(14,15)22-1-23-7(16,17)3(5(11,12)13)27(19,20)21;;;;;;/h18H,1H2,(H,19,20,21);;;;;;/q-2;;;;;;. The first kappa shape index (κ1) is 45.2. The van der Waals surface area contributed by atoms with E-state index in [9.17, 15) is 52.3 Å². The molecule has 0 aliphatic carbocycles. The fourth-order valence-corrected chi connectivity index (χ4v) is 2.08. The van der Waals surface area contributed by atoms with E-state index in [0.717, 1.165) is 0 Å². The van der Waals surface area contributed by atoms with Crippen LogP contribution in [0.1, 0.15) is 0 Å². The number of alkyl halides is 10. The van der Waals surface area contributed by atoms with E-state index in [1.54, 1.807) is 0 Å². The second-order valence-corrected chi connectivity index (χ2v) is 5.86. The molecule has 0 radical (unpaired) electrons. The van der Waals surface area contributed by atoms with E-state index in [0.29, 0.717) is 0 Å². The van der Waals surface area contributed by atoms with Gasteiger partial charge in [0.15, 0.2) is 16.9 Å². The topological polar surface area (TPSA) is 112 Å². The molecule has 0 aliphatic rings. The Morgan fingerprint density at radius 2 is 1.09 bits per heavy atom. The number of halogens is 10. The van der Waals surface area contributed by atoms with Crippen LogP contribution in [0.15, 0.2) is 0 Å². The zero-order valence-electron chi connectivity index (χ0n) is 15.9. The van der Waals surface area contributed by atoms with Crippen LogP contribution in [0.3, 0.4) is 0 Å². The van der Waals surface area contributed by atoms with Gasteiger partial charge < -0.3 is 14.0 Å². The van der Waals surface area contributed by atoms with E-state index >= 15 is 0 Å². The molecule has 176 valence electrons. The first-order valence-electron chi connectivity index (χ1n) is 5.32. The molecule has 0 aromatic rings. The van der Waals surface area contributed by atoms with Gasteiger partial charge in [-0.1, -0.05) is 5.04 Å². The van der Waals surface area contributed by atoms with E-state index in [4.69, 9.17) is 9.81 Å². The quantitative estimate of drug-likeness (QED) is 0.0649. The van der Waals surface area contributed by atoms with E-state index in [1.165, 1.54) is 0 Å². The zero-order valence-corrected chi connectivity index (χ0v) is 55.9. The molecule has 0 bridgehead atoms. The monoisotopic (exact) mass is 2070 g/mol. The fraction of sp³-hybridized carbons (Fsp3) is 0.714. The predicted molar refractivity (Wildman–Crippen MR) is 59.5 cm³/mol. The summed E-state index contributed by atoms with van der Waals surface area (Å²) in [7, 11) is -6.68. The van der Waals surface area contributed by atoms with E-state index < -0.39 is 64.0 Å². The van der Waals surface area contributed by atoms with Crippen LogP contribution in [0.5, 0.6) is 0 Å². The average molecular weight is 2070 g/mol. The first-order valence-corrected chi connectivity index (χ1v) is 7.50. The van der Waals surface area contributed by atoms with Gasteiger partial charge in [0.1, 0.15) is 0 Å². The molecule has 0 unspecified atom stereocenters. The molecule has 0 amide bonds. The van der Waals surface area contributed by atoms with Crippen molar-refractivity contribution in [3.8, 4) is 0 Å². The van der Waals surface area contributed by atoms with Crippen LogP contribution in [0.4, 0.5) is 43.9 Å². The van der Waals surface area contributed by atoms with Crippen molar-refractivity contribution in [1.29, 1.82) is 0 Å². The molecule has 0 saturated carbocycles. The summed E-state index contributed by atoms with van der Waals surface area (Å²) in [5.74, 6) is 0. The normalized spacial score (nSPS) is 12.3. The molecule has 0 aliphatic heterocycles. The molecule has 2 N–H and O–H groups in total. The number of hydrogen-bond donors (Lipinski definition) is 2. The Balaban J connectivity index is -0.000000225. The molecule has 0 saturated heterocycles. The maximum Gasteiger partial charge on any atom is 0.295 e. The van der Waals surface area contributed by atoms with E-state index in [-0.39, 0.29) is 0 Å². The molecule has 0 fully saturated rings. The molecule has 26 heteroatoms. The minimum Gasteiger partial charge on any atom is -0.318 e. The maximum atomic E-state index is 13.2. The zero-order chi connectivity index (χ0) is 21.9. The van der Waals surface area contributed by atoms with Crippen molar-refractivity contribution in [3.05, 3.63) is 10.5 Å². The Kier molecular flexibility index (Phi) is 16.5. The van der Waals surface area contributed by atoms with E-state index in [1.807, 2.05) is 0 Å². The number of ether oxygens (including phenoxy) is 2. The molecule has 0 aromatic heterocycles. The molecular weight excluding hydrogens is 2070 g/mol. The summed E-state index contributed by atoms with van der Waals surface area (Å²) in [6.07, 6.45) is -24.1. The second-order valence-electron chi connectivity index (χ2n) is 3.79. The van der Waals surface area contributed by atoms with Crippen molar-refractivity contribution in [2.24, 2.45) is 0 Å². The molecule has 0 aromatic carbocycles. The van der Waals surface area contributed by atoms with Crippen molar-refractivity contribution in [2.75, 3.05) is 6.79 Å². The van der Waals surface area contributed by atoms with Gasteiger partial charge in [0.05, 0.1) is 0 Å². The third kappa shape index (κ3) is 11.1. The van der Waals surface area contributed by atoms with Crippen LogP contribution in [0, 0.1) is 10.5 Å². The Hall–Kier alpha value is -6.64. The summed E-state index contributed by atoms with van der Waals surface area (Å²) >= 11 is -1.41. The number of hydrogen-bond acceptors (Lipinski definition) is 8. The van der Waals surface area contributed by atoms with Gasteiger partial charge in [-0.3, -0.25) is 0 Å². The SMILES string of the molecule is O=S(=O)(O)[C-](C(F)(F)F)C(F)(F)OCOC(F)(F)[C-](SOOO)C(F)(F)F.[Rf].[Rf].[Rf].[Rf].[Rf].[Rf]. The first-order chi connectivity index (χ1) is 11.8. The van der Waals surface area contributed by atoms with Gasteiger partial charge in [-0.2, -0.15) is 4.33 Å². The van der Waals surface area contributed by atoms with Gasteiger partial charge in [-0.15, -0.1) is 12.0 Å². The van der Waals surface area contributed by atoms with Crippen molar-refractivity contribution in [1.82, 2.24) is 0 Å². The van der Waals surface area contributed by atoms with E-state index in [2.05, 4.69) is 18.8 Å². The van der Waals surface area contributed by atoms with Crippen LogP contribution in [-0.2, 0) is 29.0 Å². The van der Waals surface area contributed by atoms with Crippen molar-refractivity contribution in [3.63, 3.8) is 0 Å². The minimum absolute atomic E-state index is 0. The smallest absolute Gasteiger partial charge is 0.295 e. The Bertz CT molecular complexity index is 598. The van der Waals surface area contributed by atoms with Gasteiger partial charge in [0.25, 0.3) is 24.6 Å². The Labute approximate surface area is 146 Å². The van der Waals surface area contributed by atoms with Crippen LogP contribution in [0.25, 0.3) is 0 Å². The summed E-state index contributed by atoms with van der Waals surface area (Å²) in [5, 5.41) is 3.19. The fourth-order valence-electron chi connectivity index (χ4n) is 1.08. The van der Waals surface area contributed by atoms with Crippen LogP contribution in [0.2, 0.25) is 0 Å². The summed E-state index contributed by atoms with van der Waals surface area (Å²) in [6.45, 7) is -2.74. The van der Waals surface area contributed by atoms with Gasteiger partial charge in [-0.25, -0.2) is 57.6 Å². The largest absolute Gasteiger partial charge is 0.318 e. The molecule has 0 heterocycles. The Morgan fingerprint density at radius 3 is 1.36 bits per heavy atom. The average Bonchev–Trinajstić information content (AvgIpc) is 2.31. The molecule has 0 spiro atoms. The van der Waals surface area contributed by atoms with Crippen LogP contribution >= 0.6 is 12.0 Å². The molecular formula is C7H4F10O8Rf6S2-2. The van der Waals surface area contributed by atoms with Crippen molar-refractivity contribution in [2.45, 2.75) is 24.6 Å². The number of rotatable bonds is 10. The summed E-state index contributed by atoms with van der Waals surface area (Å²) in [5.41, 5.74) is 0. The summed E-state index contributed by atoms with van der Waals surface area (Å²) < 4.78 is 164. The molecule has 0 rings (SSSR count). The summed E-state index contributed by atoms with van der Waals surface area (Å²) in [4.78, 5) is 0. The summed E-state index contributed by atoms with van der Waals surface area (Å²) in [6, 6.07) is 0. The van der Waals surface area contributed by atoms with Crippen LogP contribution in [-0.4, -0.2) is 49.6 Å². The Morgan fingerprint density at radius 1 is 0.727 bits per heavy atom. The third-order valence-corrected chi connectivity index (χ3v) is 3.68. The van der Waals surface area contributed by atoms with Gasteiger partial charge in [0.2, 0.25) is 0 Å². The third-order valence-electron chi connectivity index (χ3n) is 1.93. The van der Waals surface area contributed by atoms with Gasteiger partial charge in [0, 0.05) is 5.25 Å². The van der Waals surface area contributed by atoms with Gasteiger partial charge >= 0.3 is 0 Å². The second kappa shape index (κ2) is 12.0. The minimum atomic E-state index is -6.68. The van der Waals surface area contributed by atoms with Crippen LogP contribution < -0.4 is 0 Å². The van der Waals surface area contributed by atoms with Gasteiger partial charge in [-0.05, 0) is 5.25 Å². The predicted octanol–water partition coefficient (Wildman–Crippen LogP) is 3.31. The maximum absolute atomic E-state index is 13.2.